The van der Waals surface area contributed by atoms with Crippen LogP contribution in [0.3, 0.4) is 0 Å². The maximum absolute atomic E-state index is 12.7. The van der Waals surface area contributed by atoms with Gasteiger partial charge in [-0.3, -0.25) is 9.59 Å². The molecule has 2 unspecified atom stereocenters. The van der Waals surface area contributed by atoms with E-state index in [0.29, 0.717) is 11.3 Å². The van der Waals surface area contributed by atoms with Crippen LogP contribution < -0.4 is 4.90 Å². The number of rotatable bonds is 3. The number of likely N-dealkylation sites (N-methyl/N-ethyl adjacent to an activating group) is 1. The van der Waals surface area contributed by atoms with Crippen molar-refractivity contribution < 1.29 is 18.0 Å². The minimum absolute atomic E-state index is 0.0150. The normalized spacial score (nSPS) is 22.7. The lowest BCUT2D eigenvalue weighted by Crippen LogP contribution is -2.54. The Kier molecular flexibility index (Phi) is 5.13. The van der Waals surface area contributed by atoms with Gasteiger partial charge < -0.3 is 9.80 Å². The lowest BCUT2D eigenvalue weighted by molar-refractivity contribution is -0.113. The van der Waals surface area contributed by atoms with Gasteiger partial charge in [0.2, 0.25) is 5.91 Å². The zero-order chi connectivity index (χ0) is 18.1. The van der Waals surface area contributed by atoms with Gasteiger partial charge in [-0.1, -0.05) is 6.58 Å². The molecule has 1 aromatic rings. The van der Waals surface area contributed by atoms with E-state index in [1.807, 2.05) is 0 Å². The summed E-state index contributed by atoms with van der Waals surface area (Å²) in [6.45, 7) is 7.03. The van der Waals surface area contributed by atoms with E-state index >= 15 is 0 Å². The number of benzene rings is 1. The number of sulfone groups is 1. The third-order valence-corrected chi connectivity index (χ3v) is 6.90. The summed E-state index contributed by atoms with van der Waals surface area (Å²) in [5, 5.41) is -0.578. The van der Waals surface area contributed by atoms with Crippen LogP contribution >= 0.6 is 0 Å². The largest absolute Gasteiger partial charge is 0.334 e. The lowest BCUT2D eigenvalue weighted by atomic mass is 10.1. The highest BCUT2D eigenvalue weighted by Crippen LogP contribution is 2.22. The number of hydrogen-bond donors (Lipinski definition) is 0. The van der Waals surface area contributed by atoms with Gasteiger partial charge in [0.1, 0.15) is 0 Å². The molecule has 0 saturated carbocycles. The van der Waals surface area contributed by atoms with Crippen LogP contribution in [0.5, 0.6) is 0 Å². The van der Waals surface area contributed by atoms with Crippen LogP contribution in [0.4, 0.5) is 5.69 Å². The van der Waals surface area contributed by atoms with Crippen LogP contribution in [0.15, 0.2) is 36.9 Å². The molecule has 1 aromatic carbocycles. The molecule has 2 rings (SSSR count). The number of carbonyl (C=O) groups is 2. The number of hydrogen-bond acceptors (Lipinski definition) is 4. The lowest BCUT2D eigenvalue weighted by Gasteiger charge is -2.37. The standard InChI is InChI=1S/C17H22N2O4S/c1-5-16(20)18(4)15-8-6-14(7-9-15)17(21)19-10-11-24(22,23)13(3)12(19)2/h5-9,12-13H,1,10-11H2,2-4H3. The van der Waals surface area contributed by atoms with E-state index in [9.17, 15) is 18.0 Å². The van der Waals surface area contributed by atoms with Gasteiger partial charge >= 0.3 is 0 Å². The Bertz CT molecular complexity index is 755. The van der Waals surface area contributed by atoms with Gasteiger partial charge in [0.05, 0.1) is 11.0 Å². The molecule has 0 aromatic heterocycles. The van der Waals surface area contributed by atoms with Crippen molar-refractivity contribution in [3.63, 3.8) is 0 Å². The molecule has 0 N–H and O–H groups in total. The molecule has 2 amide bonds. The number of nitrogens with zero attached hydrogens (tertiary/aromatic N) is 2. The maximum Gasteiger partial charge on any atom is 0.254 e. The summed E-state index contributed by atoms with van der Waals surface area (Å²) in [5.41, 5.74) is 1.12. The van der Waals surface area contributed by atoms with Crippen molar-refractivity contribution in [3.8, 4) is 0 Å². The highest BCUT2D eigenvalue weighted by atomic mass is 32.2. The molecule has 0 aliphatic carbocycles. The zero-order valence-corrected chi connectivity index (χ0v) is 14.9. The van der Waals surface area contributed by atoms with E-state index in [0.717, 1.165) is 0 Å². The van der Waals surface area contributed by atoms with Gasteiger partial charge in [0.15, 0.2) is 9.84 Å². The molecule has 0 radical (unpaired) electrons. The minimum Gasteiger partial charge on any atom is -0.334 e. The number of anilines is 1. The summed E-state index contributed by atoms with van der Waals surface area (Å²) in [6, 6.07) is 6.28. The number of carbonyl (C=O) groups excluding carboxylic acids is 2. The Labute approximate surface area is 142 Å². The first-order chi connectivity index (χ1) is 11.2. The van der Waals surface area contributed by atoms with Crippen molar-refractivity contribution >= 4 is 27.3 Å². The summed E-state index contributed by atoms with van der Waals surface area (Å²) in [4.78, 5) is 27.3. The molecule has 7 heteroatoms. The second kappa shape index (κ2) is 6.76. The first kappa shape index (κ1) is 18.2. The second-order valence-corrected chi connectivity index (χ2v) is 8.44. The van der Waals surface area contributed by atoms with E-state index in [-0.39, 0.29) is 30.2 Å². The molecule has 2 atom stereocenters. The monoisotopic (exact) mass is 350 g/mol. The van der Waals surface area contributed by atoms with E-state index in [4.69, 9.17) is 0 Å². The smallest absolute Gasteiger partial charge is 0.254 e. The molecule has 1 saturated heterocycles. The Balaban J connectivity index is 2.19. The molecule has 6 nitrogen and oxygen atoms in total. The van der Waals surface area contributed by atoms with E-state index in [2.05, 4.69) is 6.58 Å². The van der Waals surface area contributed by atoms with Gasteiger partial charge in [-0.2, -0.15) is 0 Å². The van der Waals surface area contributed by atoms with Gasteiger partial charge in [-0.25, -0.2) is 8.42 Å². The van der Waals surface area contributed by atoms with Crippen molar-refractivity contribution in [1.82, 2.24) is 4.90 Å². The van der Waals surface area contributed by atoms with Crippen LogP contribution in [0.1, 0.15) is 24.2 Å². The van der Waals surface area contributed by atoms with Gasteiger partial charge in [0.25, 0.3) is 5.91 Å². The van der Waals surface area contributed by atoms with E-state index in [1.54, 1.807) is 50.1 Å². The Hall–Kier alpha value is -2.15. The van der Waals surface area contributed by atoms with Gasteiger partial charge in [0, 0.05) is 30.9 Å². The van der Waals surface area contributed by atoms with Gasteiger partial charge in [-0.05, 0) is 44.2 Å². The molecule has 0 bridgehead atoms. The van der Waals surface area contributed by atoms with Crippen molar-refractivity contribution in [2.75, 3.05) is 24.2 Å². The van der Waals surface area contributed by atoms with Crippen molar-refractivity contribution in [2.24, 2.45) is 0 Å². The second-order valence-electron chi connectivity index (χ2n) is 5.96. The minimum atomic E-state index is -3.14. The first-order valence-corrected chi connectivity index (χ1v) is 9.43. The van der Waals surface area contributed by atoms with Gasteiger partial charge in [-0.15, -0.1) is 0 Å². The molecule has 1 heterocycles. The predicted molar refractivity (Wildman–Crippen MR) is 93.8 cm³/mol. The molecule has 24 heavy (non-hydrogen) atoms. The fourth-order valence-corrected chi connectivity index (χ4v) is 4.28. The quantitative estimate of drug-likeness (QED) is 0.774. The molecular formula is C17H22N2O4S. The van der Waals surface area contributed by atoms with Crippen LogP contribution in [-0.4, -0.2) is 55.8 Å². The molecule has 1 aliphatic rings. The SMILES string of the molecule is C=CC(=O)N(C)c1ccc(C(=O)N2CCS(=O)(=O)C(C)C2C)cc1. The topological polar surface area (TPSA) is 74.8 Å². The van der Waals surface area contributed by atoms with E-state index < -0.39 is 15.1 Å². The summed E-state index contributed by atoms with van der Waals surface area (Å²) in [7, 11) is -1.51. The van der Waals surface area contributed by atoms with Crippen LogP contribution in [0, 0.1) is 0 Å². The third kappa shape index (κ3) is 3.36. The van der Waals surface area contributed by atoms with Crippen LogP contribution in [-0.2, 0) is 14.6 Å². The summed E-state index contributed by atoms with van der Waals surface area (Å²) < 4.78 is 23.9. The average Bonchev–Trinajstić information content (AvgIpc) is 2.58. The highest BCUT2D eigenvalue weighted by Gasteiger charge is 2.38. The zero-order valence-electron chi connectivity index (χ0n) is 14.1. The fraction of sp³-hybridized carbons (Fsp3) is 0.412. The third-order valence-electron chi connectivity index (χ3n) is 4.62. The molecule has 130 valence electrons. The fourth-order valence-electron chi connectivity index (χ4n) is 2.71. The van der Waals surface area contributed by atoms with Crippen LogP contribution in [0.2, 0.25) is 0 Å². The molecule has 0 spiro atoms. The summed E-state index contributed by atoms with van der Waals surface area (Å²) in [6.07, 6.45) is 1.22. The highest BCUT2D eigenvalue weighted by molar-refractivity contribution is 7.92. The Morgan fingerprint density at radius 3 is 2.38 bits per heavy atom. The average molecular weight is 350 g/mol. The van der Waals surface area contributed by atoms with Crippen molar-refractivity contribution in [2.45, 2.75) is 25.1 Å². The number of amides is 2. The molecule has 1 fully saturated rings. The van der Waals surface area contributed by atoms with Crippen LogP contribution in [0.25, 0.3) is 0 Å². The Morgan fingerprint density at radius 2 is 1.83 bits per heavy atom. The molecule has 1 aliphatic heterocycles. The summed E-state index contributed by atoms with van der Waals surface area (Å²) >= 11 is 0. The van der Waals surface area contributed by atoms with Crippen molar-refractivity contribution in [1.29, 1.82) is 0 Å². The van der Waals surface area contributed by atoms with E-state index in [1.165, 1.54) is 11.0 Å². The first-order valence-electron chi connectivity index (χ1n) is 7.71. The molecular weight excluding hydrogens is 328 g/mol. The predicted octanol–water partition coefficient (Wildman–Crippen LogP) is 1.48. The Morgan fingerprint density at radius 1 is 1.25 bits per heavy atom. The summed E-state index contributed by atoms with van der Waals surface area (Å²) in [5.74, 6) is -0.454. The maximum atomic E-state index is 12.7. The van der Waals surface area contributed by atoms with Crippen molar-refractivity contribution in [3.05, 3.63) is 42.5 Å².